The molecular formula is C31H31N3O10. The van der Waals surface area contributed by atoms with Crippen LogP contribution < -0.4 is 30.1 Å². The van der Waals surface area contributed by atoms with Gasteiger partial charge in [0.15, 0.2) is 23.0 Å². The summed E-state index contributed by atoms with van der Waals surface area (Å²) in [5, 5.41) is 1.44. The molecule has 0 bridgehead atoms. The summed E-state index contributed by atoms with van der Waals surface area (Å²) >= 11 is 0. The molecule has 1 fully saturated rings. The van der Waals surface area contributed by atoms with E-state index in [1.54, 1.807) is 28.8 Å². The third-order valence-corrected chi connectivity index (χ3v) is 7.82. The number of H-pyrrole nitrogens is 1. The Morgan fingerprint density at radius 2 is 1.30 bits per heavy atom. The van der Waals surface area contributed by atoms with E-state index in [0.29, 0.717) is 40.4 Å². The summed E-state index contributed by atoms with van der Waals surface area (Å²) < 4.78 is 32.3. The predicted molar refractivity (Wildman–Crippen MR) is 158 cm³/mol. The van der Waals surface area contributed by atoms with Crippen molar-refractivity contribution in [3.63, 3.8) is 0 Å². The number of rotatable bonds is 5. The van der Waals surface area contributed by atoms with E-state index >= 15 is 0 Å². The number of aromatic amines is 1. The number of likely N-dealkylation sites (tertiary alicyclic amines) is 1. The minimum atomic E-state index is -0.671. The fourth-order valence-electron chi connectivity index (χ4n) is 5.53. The molecule has 1 saturated heterocycles. The number of piperidine rings is 1. The fraction of sp³-hybridized carbons (Fsp3) is 0.355. The molecule has 0 spiro atoms. The molecular weight excluding hydrogens is 574 g/mol. The monoisotopic (exact) mass is 605 g/mol. The van der Waals surface area contributed by atoms with Gasteiger partial charge in [-0.15, -0.1) is 0 Å². The van der Waals surface area contributed by atoms with Crippen molar-refractivity contribution in [2.45, 2.75) is 25.8 Å². The Morgan fingerprint density at radius 3 is 1.95 bits per heavy atom. The molecule has 1 N–H and O–H groups in total. The lowest BCUT2D eigenvalue weighted by Crippen LogP contribution is -2.36. The van der Waals surface area contributed by atoms with E-state index in [2.05, 4.69) is 14.6 Å². The first kappa shape index (κ1) is 29.1. The van der Waals surface area contributed by atoms with Crippen LogP contribution in [0.1, 0.15) is 40.0 Å². The zero-order chi connectivity index (χ0) is 30.8. The maximum atomic E-state index is 12.9. The molecule has 0 aliphatic carbocycles. The van der Waals surface area contributed by atoms with Gasteiger partial charge < -0.3 is 42.9 Å². The highest BCUT2D eigenvalue weighted by molar-refractivity contribution is 5.95. The van der Waals surface area contributed by atoms with Crippen molar-refractivity contribution < 1.29 is 38.0 Å². The Morgan fingerprint density at radius 1 is 0.727 bits per heavy atom. The van der Waals surface area contributed by atoms with Crippen LogP contribution in [0.15, 0.2) is 46.0 Å². The first-order valence-electron chi connectivity index (χ1n) is 14.2. The normalized spacial score (nSPS) is 15.1. The molecule has 0 atom stereocenters. The maximum Gasteiger partial charge on any atom is 0.343 e. The summed E-state index contributed by atoms with van der Waals surface area (Å²) in [4.78, 5) is 53.1. The largest absolute Gasteiger partial charge is 0.465 e. The Labute approximate surface area is 250 Å². The predicted octanol–water partition coefficient (Wildman–Crippen LogP) is 3.05. The molecule has 0 saturated carbocycles. The zero-order valence-electron chi connectivity index (χ0n) is 24.3. The highest BCUT2D eigenvalue weighted by Crippen LogP contribution is 2.36. The molecule has 0 amide bonds. The van der Waals surface area contributed by atoms with Gasteiger partial charge in [-0.05, 0) is 50.2 Å². The van der Waals surface area contributed by atoms with E-state index in [0.717, 1.165) is 30.5 Å². The average Bonchev–Trinajstić information content (AvgIpc) is 3.70. The van der Waals surface area contributed by atoms with Gasteiger partial charge in [0.05, 0.1) is 25.3 Å². The van der Waals surface area contributed by atoms with E-state index in [9.17, 15) is 19.2 Å². The standard InChI is InChI=1S/C19H22N2O5.C12H9NO5/c1-24-19(23)14-9-13-10-16-17(26-12-25-16)11-15(13)21(18(14)22)8-7-20-5-3-2-4-6-20;1-16-12(15)7-2-6-3-9-10(18-5-17-9)4-8(6)13-11(7)14/h9-11H,2-8,12H2,1H3;2-4H,5H2,1H3,(H,13,14). The summed E-state index contributed by atoms with van der Waals surface area (Å²) in [6, 6.07) is 10.0. The van der Waals surface area contributed by atoms with Crippen LogP contribution in [-0.2, 0) is 16.0 Å². The second-order valence-electron chi connectivity index (χ2n) is 10.5. The smallest absolute Gasteiger partial charge is 0.343 e. The molecule has 5 heterocycles. The van der Waals surface area contributed by atoms with E-state index in [4.69, 9.17) is 23.7 Å². The van der Waals surface area contributed by atoms with Crippen LogP contribution in [0.3, 0.4) is 0 Å². The lowest BCUT2D eigenvalue weighted by molar-refractivity contribution is 0.0589. The van der Waals surface area contributed by atoms with Gasteiger partial charge in [-0.1, -0.05) is 6.42 Å². The Hall–Kier alpha value is -5.04. The van der Waals surface area contributed by atoms with Crippen LogP contribution in [0.4, 0.5) is 0 Å². The minimum Gasteiger partial charge on any atom is -0.465 e. The van der Waals surface area contributed by atoms with Crippen molar-refractivity contribution in [2.75, 3.05) is 47.4 Å². The summed E-state index contributed by atoms with van der Waals surface area (Å²) in [5.74, 6) is 1.11. The van der Waals surface area contributed by atoms with Crippen LogP contribution in [0.25, 0.3) is 21.8 Å². The van der Waals surface area contributed by atoms with Crippen LogP contribution >= 0.6 is 0 Å². The molecule has 7 rings (SSSR count). The van der Waals surface area contributed by atoms with Crippen LogP contribution in [0, 0.1) is 0 Å². The van der Waals surface area contributed by atoms with Crippen LogP contribution in [-0.4, -0.2) is 73.8 Å². The molecule has 0 radical (unpaired) electrons. The summed E-state index contributed by atoms with van der Waals surface area (Å²) in [5.41, 5.74) is 0.496. The van der Waals surface area contributed by atoms with Gasteiger partial charge in [0.25, 0.3) is 11.1 Å². The van der Waals surface area contributed by atoms with Gasteiger partial charge in [0.2, 0.25) is 13.6 Å². The molecule has 0 unspecified atom stereocenters. The highest BCUT2D eigenvalue weighted by atomic mass is 16.7. The number of pyridine rings is 2. The van der Waals surface area contributed by atoms with Gasteiger partial charge in [0.1, 0.15) is 11.1 Å². The Bertz CT molecular complexity index is 1870. The number of carbonyl (C=O) groups excluding carboxylic acids is 2. The number of carbonyl (C=O) groups is 2. The van der Waals surface area contributed by atoms with Crippen LogP contribution in [0.2, 0.25) is 0 Å². The number of esters is 2. The van der Waals surface area contributed by atoms with E-state index in [1.165, 1.54) is 39.5 Å². The Kier molecular flexibility index (Phi) is 8.11. The molecule has 13 nitrogen and oxygen atoms in total. The number of aromatic nitrogens is 2. The topological polar surface area (TPSA) is 148 Å². The first-order chi connectivity index (χ1) is 21.4. The van der Waals surface area contributed by atoms with Gasteiger partial charge in [-0.2, -0.15) is 0 Å². The number of fused-ring (bicyclic) bond motifs is 4. The summed E-state index contributed by atoms with van der Waals surface area (Å²) in [6.07, 6.45) is 3.65. The fourth-order valence-corrected chi connectivity index (χ4v) is 5.53. The average molecular weight is 606 g/mol. The Balaban J connectivity index is 0.000000167. The molecule has 3 aliphatic heterocycles. The third kappa shape index (κ3) is 5.65. The van der Waals surface area contributed by atoms with Gasteiger partial charge >= 0.3 is 11.9 Å². The number of ether oxygens (including phenoxy) is 6. The third-order valence-electron chi connectivity index (χ3n) is 7.82. The number of hydrogen-bond donors (Lipinski definition) is 1. The lowest BCUT2D eigenvalue weighted by Gasteiger charge is -2.27. The van der Waals surface area contributed by atoms with E-state index in [-0.39, 0.29) is 30.3 Å². The quantitative estimate of drug-likeness (QED) is 0.335. The molecule has 4 aromatic rings. The van der Waals surface area contributed by atoms with Crippen molar-refractivity contribution in [2.24, 2.45) is 0 Å². The number of methoxy groups -OCH3 is 2. The molecule has 2 aromatic carbocycles. The zero-order valence-corrected chi connectivity index (χ0v) is 24.3. The van der Waals surface area contributed by atoms with Gasteiger partial charge in [0, 0.05) is 36.0 Å². The summed E-state index contributed by atoms with van der Waals surface area (Å²) in [7, 11) is 2.51. The SMILES string of the molecule is COC(=O)c1cc2cc3c(cc2[nH]c1=O)OCO3.COC(=O)c1cc2cc3c(cc2n(CCN2CCCCC2)c1=O)OCO3. The second kappa shape index (κ2) is 12.3. The highest BCUT2D eigenvalue weighted by Gasteiger charge is 2.22. The van der Waals surface area contributed by atoms with Crippen molar-refractivity contribution in [1.82, 2.24) is 14.5 Å². The van der Waals surface area contributed by atoms with Crippen molar-refractivity contribution in [1.29, 1.82) is 0 Å². The molecule has 2 aromatic heterocycles. The lowest BCUT2D eigenvalue weighted by atomic mass is 10.1. The van der Waals surface area contributed by atoms with Crippen molar-refractivity contribution in [3.8, 4) is 23.0 Å². The number of benzene rings is 2. The first-order valence-corrected chi connectivity index (χ1v) is 14.2. The second-order valence-corrected chi connectivity index (χ2v) is 10.5. The van der Waals surface area contributed by atoms with Crippen molar-refractivity contribution in [3.05, 3.63) is 68.2 Å². The maximum absolute atomic E-state index is 12.9. The number of hydrogen-bond acceptors (Lipinski definition) is 11. The molecule has 13 heteroatoms. The molecule has 44 heavy (non-hydrogen) atoms. The van der Waals surface area contributed by atoms with Crippen molar-refractivity contribution >= 4 is 33.7 Å². The van der Waals surface area contributed by atoms with Crippen LogP contribution in [0.5, 0.6) is 23.0 Å². The minimum absolute atomic E-state index is 0.0381. The molecule has 230 valence electrons. The number of nitrogens with zero attached hydrogens (tertiary/aromatic N) is 2. The molecule has 3 aliphatic rings. The van der Waals surface area contributed by atoms with E-state index < -0.39 is 17.5 Å². The van der Waals surface area contributed by atoms with E-state index in [1.807, 2.05) is 6.07 Å². The summed E-state index contributed by atoms with van der Waals surface area (Å²) in [6.45, 7) is 3.70. The number of nitrogens with one attached hydrogen (secondary N) is 1. The van der Waals surface area contributed by atoms with Gasteiger partial charge in [-0.3, -0.25) is 9.59 Å². The van der Waals surface area contributed by atoms with Gasteiger partial charge in [-0.25, -0.2) is 9.59 Å².